The van der Waals surface area contributed by atoms with E-state index in [0.717, 1.165) is 37.8 Å². The number of amides is 1. The van der Waals surface area contributed by atoms with E-state index in [1.54, 1.807) is 0 Å². The van der Waals surface area contributed by atoms with Gasteiger partial charge in [-0.2, -0.15) is 0 Å². The summed E-state index contributed by atoms with van der Waals surface area (Å²) in [5.74, 6) is -1.45. The Morgan fingerprint density at radius 1 is 1.33 bits per heavy atom. The standard InChI is InChI=1S/C11H19NO3/c1-3-4-5-6-9(2)12-10(13)7-8-11(14)15/h7-9H,3-6H2,1-2H3,(H,12,13)(H,14,15)/b8-7+. The van der Waals surface area contributed by atoms with Crippen molar-refractivity contribution >= 4 is 11.9 Å². The van der Waals surface area contributed by atoms with Crippen molar-refractivity contribution in [2.45, 2.75) is 45.6 Å². The molecule has 0 aromatic rings. The highest BCUT2D eigenvalue weighted by atomic mass is 16.4. The van der Waals surface area contributed by atoms with Crippen LogP contribution in [0.3, 0.4) is 0 Å². The highest BCUT2D eigenvalue weighted by Gasteiger charge is 2.04. The minimum absolute atomic E-state index is 0.0995. The molecule has 0 bridgehead atoms. The lowest BCUT2D eigenvalue weighted by molar-refractivity contribution is -0.131. The van der Waals surface area contributed by atoms with Crippen LogP contribution in [0.4, 0.5) is 0 Å². The molecule has 0 aliphatic carbocycles. The van der Waals surface area contributed by atoms with Gasteiger partial charge in [-0.3, -0.25) is 4.79 Å². The first-order valence-corrected chi connectivity index (χ1v) is 5.27. The third kappa shape index (κ3) is 9.00. The first-order valence-electron chi connectivity index (χ1n) is 5.27. The molecule has 1 atom stereocenters. The summed E-state index contributed by atoms with van der Waals surface area (Å²) in [5, 5.41) is 11.0. The van der Waals surface area contributed by atoms with Crippen LogP contribution in [-0.4, -0.2) is 23.0 Å². The molecule has 1 amide bonds. The van der Waals surface area contributed by atoms with E-state index in [2.05, 4.69) is 12.2 Å². The molecular formula is C11H19NO3. The Bertz CT molecular complexity index is 236. The molecule has 0 aliphatic rings. The molecule has 15 heavy (non-hydrogen) atoms. The number of rotatable bonds is 7. The predicted molar refractivity (Wildman–Crippen MR) is 58.5 cm³/mol. The van der Waals surface area contributed by atoms with Gasteiger partial charge in [0.05, 0.1) is 0 Å². The fourth-order valence-corrected chi connectivity index (χ4v) is 1.21. The number of unbranched alkanes of at least 4 members (excludes halogenated alkanes) is 2. The van der Waals surface area contributed by atoms with Crippen LogP contribution in [0.15, 0.2) is 12.2 Å². The maximum absolute atomic E-state index is 11.1. The fourth-order valence-electron chi connectivity index (χ4n) is 1.21. The van der Waals surface area contributed by atoms with Crippen LogP contribution in [0.1, 0.15) is 39.5 Å². The monoisotopic (exact) mass is 213 g/mol. The normalized spacial score (nSPS) is 12.7. The topological polar surface area (TPSA) is 66.4 Å². The largest absolute Gasteiger partial charge is 0.478 e. The van der Waals surface area contributed by atoms with Crippen molar-refractivity contribution in [1.29, 1.82) is 0 Å². The van der Waals surface area contributed by atoms with E-state index in [9.17, 15) is 9.59 Å². The molecule has 2 N–H and O–H groups in total. The second-order valence-electron chi connectivity index (χ2n) is 3.58. The predicted octanol–water partition coefficient (Wildman–Crippen LogP) is 1.71. The first-order chi connectivity index (χ1) is 7.06. The third-order valence-corrected chi connectivity index (χ3v) is 2.01. The third-order valence-electron chi connectivity index (χ3n) is 2.01. The lowest BCUT2D eigenvalue weighted by atomic mass is 10.1. The van der Waals surface area contributed by atoms with Gasteiger partial charge >= 0.3 is 5.97 Å². The van der Waals surface area contributed by atoms with Gasteiger partial charge in [-0.15, -0.1) is 0 Å². The molecule has 86 valence electrons. The average Bonchev–Trinajstić information content (AvgIpc) is 2.15. The van der Waals surface area contributed by atoms with Crippen LogP contribution in [-0.2, 0) is 9.59 Å². The smallest absolute Gasteiger partial charge is 0.328 e. The van der Waals surface area contributed by atoms with Crippen molar-refractivity contribution in [3.63, 3.8) is 0 Å². The van der Waals surface area contributed by atoms with Crippen molar-refractivity contribution < 1.29 is 14.7 Å². The summed E-state index contributed by atoms with van der Waals surface area (Å²) >= 11 is 0. The zero-order chi connectivity index (χ0) is 11.7. The van der Waals surface area contributed by atoms with Crippen molar-refractivity contribution in [2.24, 2.45) is 0 Å². The zero-order valence-electron chi connectivity index (χ0n) is 9.32. The van der Waals surface area contributed by atoms with Gasteiger partial charge in [0, 0.05) is 18.2 Å². The van der Waals surface area contributed by atoms with Gasteiger partial charge in [0.15, 0.2) is 0 Å². The van der Waals surface area contributed by atoms with Crippen molar-refractivity contribution in [1.82, 2.24) is 5.32 Å². The molecule has 0 radical (unpaired) electrons. The van der Waals surface area contributed by atoms with E-state index in [4.69, 9.17) is 5.11 Å². The number of carbonyl (C=O) groups excluding carboxylic acids is 1. The van der Waals surface area contributed by atoms with Crippen LogP contribution < -0.4 is 5.32 Å². The Morgan fingerprint density at radius 2 is 2.00 bits per heavy atom. The number of nitrogens with one attached hydrogen (secondary N) is 1. The van der Waals surface area contributed by atoms with E-state index in [1.807, 2.05) is 6.92 Å². The molecule has 0 fully saturated rings. The highest BCUT2D eigenvalue weighted by Crippen LogP contribution is 2.02. The molecule has 0 saturated carbocycles. The van der Waals surface area contributed by atoms with E-state index in [1.165, 1.54) is 0 Å². The zero-order valence-corrected chi connectivity index (χ0v) is 9.32. The van der Waals surface area contributed by atoms with Crippen molar-refractivity contribution in [2.75, 3.05) is 0 Å². The van der Waals surface area contributed by atoms with E-state index in [-0.39, 0.29) is 11.9 Å². The Hall–Kier alpha value is -1.32. The SMILES string of the molecule is CCCCCC(C)NC(=O)/C=C/C(=O)O. The maximum atomic E-state index is 11.1. The van der Waals surface area contributed by atoms with Crippen LogP contribution in [0.2, 0.25) is 0 Å². The van der Waals surface area contributed by atoms with Gasteiger partial charge in [-0.1, -0.05) is 26.2 Å². The fraction of sp³-hybridized carbons (Fsp3) is 0.636. The van der Waals surface area contributed by atoms with Gasteiger partial charge in [-0.25, -0.2) is 4.79 Å². The maximum Gasteiger partial charge on any atom is 0.328 e. The summed E-state index contributed by atoms with van der Waals surface area (Å²) in [6.45, 7) is 4.04. The lowest BCUT2D eigenvalue weighted by Gasteiger charge is -2.11. The van der Waals surface area contributed by atoms with Gasteiger partial charge in [0.25, 0.3) is 0 Å². The number of carboxylic acid groups (broad SMARTS) is 1. The van der Waals surface area contributed by atoms with E-state index in [0.29, 0.717) is 0 Å². The Labute approximate surface area is 90.4 Å². The highest BCUT2D eigenvalue weighted by molar-refractivity contribution is 5.93. The summed E-state index contributed by atoms with van der Waals surface area (Å²) in [7, 11) is 0. The van der Waals surface area contributed by atoms with Crippen molar-refractivity contribution in [3.8, 4) is 0 Å². The summed E-state index contributed by atoms with van der Waals surface area (Å²) in [5.41, 5.74) is 0. The van der Waals surface area contributed by atoms with E-state index < -0.39 is 5.97 Å². The quantitative estimate of drug-likeness (QED) is 0.500. The van der Waals surface area contributed by atoms with Crippen LogP contribution in [0.25, 0.3) is 0 Å². The number of carbonyl (C=O) groups is 2. The molecule has 1 unspecified atom stereocenters. The van der Waals surface area contributed by atoms with Gasteiger partial charge in [0.1, 0.15) is 0 Å². The molecule has 0 aliphatic heterocycles. The Morgan fingerprint density at radius 3 is 2.53 bits per heavy atom. The second-order valence-corrected chi connectivity index (χ2v) is 3.58. The lowest BCUT2D eigenvalue weighted by Crippen LogP contribution is -2.31. The van der Waals surface area contributed by atoms with Crippen molar-refractivity contribution in [3.05, 3.63) is 12.2 Å². The first kappa shape index (κ1) is 13.7. The second kappa shape index (κ2) is 8.03. The molecule has 0 aromatic heterocycles. The molecule has 4 heteroatoms. The number of carboxylic acids is 1. The average molecular weight is 213 g/mol. The Balaban J connectivity index is 3.71. The summed E-state index contributed by atoms with van der Waals surface area (Å²) < 4.78 is 0. The van der Waals surface area contributed by atoms with Gasteiger partial charge in [0.2, 0.25) is 5.91 Å². The molecule has 0 aromatic carbocycles. The molecular weight excluding hydrogens is 194 g/mol. The molecule has 0 heterocycles. The summed E-state index contributed by atoms with van der Waals surface area (Å²) in [6.07, 6.45) is 6.21. The van der Waals surface area contributed by atoms with Gasteiger partial charge in [-0.05, 0) is 13.3 Å². The Kier molecular flexibility index (Phi) is 7.32. The minimum atomic E-state index is -1.11. The number of hydrogen-bond acceptors (Lipinski definition) is 2. The van der Waals surface area contributed by atoms with E-state index >= 15 is 0 Å². The molecule has 0 rings (SSSR count). The molecule has 4 nitrogen and oxygen atoms in total. The minimum Gasteiger partial charge on any atom is -0.478 e. The van der Waals surface area contributed by atoms with Gasteiger partial charge < -0.3 is 10.4 Å². The molecule has 0 spiro atoms. The summed E-state index contributed by atoms with van der Waals surface area (Å²) in [4.78, 5) is 21.3. The number of hydrogen-bond donors (Lipinski definition) is 2. The number of aliphatic carboxylic acids is 1. The summed E-state index contributed by atoms with van der Waals surface area (Å²) in [6, 6.07) is 0.0995. The van der Waals surface area contributed by atoms with Crippen LogP contribution in [0, 0.1) is 0 Å². The van der Waals surface area contributed by atoms with Crippen LogP contribution in [0.5, 0.6) is 0 Å². The molecule has 0 saturated heterocycles. The van der Waals surface area contributed by atoms with Crippen LogP contribution >= 0.6 is 0 Å².